The first-order chi connectivity index (χ1) is 11.6. The van der Waals surface area contributed by atoms with E-state index in [1.807, 2.05) is 30.3 Å². The molecule has 0 aliphatic rings. The number of benzene rings is 1. The summed E-state index contributed by atoms with van der Waals surface area (Å²) in [5.41, 5.74) is 1.56. The van der Waals surface area contributed by atoms with Gasteiger partial charge in [-0.05, 0) is 23.6 Å². The number of rotatable bonds is 5. The number of alkyl halides is 2. The lowest BCUT2D eigenvalue weighted by molar-refractivity contribution is -0.0498. The Hall–Kier alpha value is -2.87. The van der Waals surface area contributed by atoms with Crippen molar-refractivity contribution in [2.45, 2.75) is 6.61 Å². The molecule has 122 valence electrons. The maximum absolute atomic E-state index is 12.3. The number of amides is 1. The number of nitrogens with zero attached hydrogens (tertiary/aromatic N) is 2. The second kappa shape index (κ2) is 7.14. The van der Waals surface area contributed by atoms with Crippen molar-refractivity contribution >= 4 is 23.1 Å². The summed E-state index contributed by atoms with van der Waals surface area (Å²) in [6.07, 6.45) is 0. The second-order valence-corrected chi connectivity index (χ2v) is 5.53. The number of thiophene rings is 1. The molecule has 0 unspecified atom stereocenters. The fourth-order valence-corrected chi connectivity index (χ4v) is 2.70. The summed E-state index contributed by atoms with van der Waals surface area (Å²) >= 11 is 1.00. The van der Waals surface area contributed by atoms with E-state index in [1.165, 1.54) is 11.4 Å². The lowest BCUT2D eigenvalue weighted by Crippen LogP contribution is -2.14. The van der Waals surface area contributed by atoms with E-state index in [0.29, 0.717) is 5.69 Å². The summed E-state index contributed by atoms with van der Waals surface area (Å²) in [6.45, 7) is -2.99. The Morgan fingerprint density at radius 2 is 1.88 bits per heavy atom. The maximum Gasteiger partial charge on any atom is 0.387 e. The Kier molecular flexibility index (Phi) is 4.76. The number of hydrogen-bond donors (Lipinski definition) is 1. The van der Waals surface area contributed by atoms with Crippen molar-refractivity contribution in [2.75, 3.05) is 5.32 Å². The molecule has 0 saturated carbocycles. The van der Waals surface area contributed by atoms with Crippen LogP contribution in [0.4, 0.5) is 14.6 Å². The molecule has 0 radical (unpaired) electrons. The van der Waals surface area contributed by atoms with Crippen LogP contribution in [0.3, 0.4) is 0 Å². The number of ether oxygens (including phenoxy) is 1. The second-order valence-electron chi connectivity index (χ2n) is 4.62. The maximum atomic E-state index is 12.3. The van der Waals surface area contributed by atoms with Gasteiger partial charge in [-0.15, -0.1) is 21.5 Å². The van der Waals surface area contributed by atoms with Crippen molar-refractivity contribution in [3.05, 3.63) is 58.8 Å². The van der Waals surface area contributed by atoms with Gasteiger partial charge in [-0.25, -0.2) is 0 Å². The third-order valence-electron chi connectivity index (χ3n) is 3.03. The van der Waals surface area contributed by atoms with E-state index < -0.39 is 12.5 Å². The number of carbonyl (C=O) groups is 1. The van der Waals surface area contributed by atoms with E-state index in [9.17, 15) is 13.6 Å². The Morgan fingerprint density at radius 1 is 1.08 bits per heavy atom. The van der Waals surface area contributed by atoms with Gasteiger partial charge < -0.3 is 10.1 Å². The number of carbonyl (C=O) groups excluding carboxylic acids is 1. The Balaban J connectivity index is 1.72. The van der Waals surface area contributed by atoms with Gasteiger partial charge in [0.25, 0.3) is 5.91 Å². The molecule has 1 aromatic carbocycles. The van der Waals surface area contributed by atoms with Crippen molar-refractivity contribution in [3.8, 4) is 17.0 Å². The number of aromatic nitrogens is 2. The summed E-state index contributed by atoms with van der Waals surface area (Å²) in [6, 6.07) is 14.1. The normalized spacial score (nSPS) is 10.6. The highest BCUT2D eigenvalue weighted by Gasteiger charge is 2.18. The van der Waals surface area contributed by atoms with Crippen molar-refractivity contribution in [3.63, 3.8) is 0 Å². The van der Waals surface area contributed by atoms with Crippen molar-refractivity contribution in [1.82, 2.24) is 10.2 Å². The monoisotopic (exact) mass is 347 g/mol. The van der Waals surface area contributed by atoms with Gasteiger partial charge in [0.05, 0.1) is 5.69 Å². The minimum Gasteiger partial charge on any atom is -0.433 e. The van der Waals surface area contributed by atoms with Gasteiger partial charge in [-0.2, -0.15) is 8.78 Å². The molecular formula is C16H11F2N3O2S. The smallest absolute Gasteiger partial charge is 0.387 e. The number of nitrogens with one attached hydrogen (secondary N) is 1. The van der Waals surface area contributed by atoms with E-state index in [0.717, 1.165) is 16.9 Å². The molecule has 3 aromatic rings. The molecule has 0 aliphatic heterocycles. The third-order valence-corrected chi connectivity index (χ3v) is 3.92. The first-order valence-electron chi connectivity index (χ1n) is 6.86. The minimum atomic E-state index is -2.99. The Labute approximate surface area is 139 Å². The average Bonchev–Trinajstić information content (AvgIpc) is 3.04. The number of anilines is 1. The largest absolute Gasteiger partial charge is 0.433 e. The Bertz CT molecular complexity index is 823. The molecule has 0 spiro atoms. The van der Waals surface area contributed by atoms with Gasteiger partial charge in [0.1, 0.15) is 10.6 Å². The van der Waals surface area contributed by atoms with Gasteiger partial charge in [-0.3, -0.25) is 4.79 Å². The zero-order chi connectivity index (χ0) is 16.9. The molecule has 2 aromatic heterocycles. The molecular weight excluding hydrogens is 336 g/mol. The van der Waals surface area contributed by atoms with Gasteiger partial charge in [0.15, 0.2) is 5.82 Å². The van der Waals surface area contributed by atoms with Crippen LogP contribution in [0.1, 0.15) is 9.67 Å². The lowest BCUT2D eigenvalue weighted by Gasteiger charge is -2.06. The standard InChI is InChI=1S/C16H11F2N3O2S/c17-16(18)23-12-8-9-24-14(12)15(22)19-13-7-6-11(20-21-13)10-4-2-1-3-5-10/h1-9,16H,(H,19,21,22). The molecule has 1 N–H and O–H groups in total. The van der Waals surface area contributed by atoms with Crippen LogP contribution >= 0.6 is 11.3 Å². The van der Waals surface area contributed by atoms with E-state index in [1.54, 1.807) is 12.1 Å². The van der Waals surface area contributed by atoms with Crippen LogP contribution in [-0.2, 0) is 0 Å². The van der Waals surface area contributed by atoms with Gasteiger partial charge in [0, 0.05) is 5.56 Å². The fraction of sp³-hybridized carbons (Fsp3) is 0.0625. The minimum absolute atomic E-state index is 0.0456. The molecule has 5 nitrogen and oxygen atoms in total. The average molecular weight is 347 g/mol. The molecule has 0 saturated heterocycles. The fourth-order valence-electron chi connectivity index (χ4n) is 1.99. The van der Waals surface area contributed by atoms with Crippen LogP contribution in [0.5, 0.6) is 5.75 Å². The van der Waals surface area contributed by atoms with E-state index in [2.05, 4.69) is 20.3 Å². The topological polar surface area (TPSA) is 64.1 Å². The quantitative estimate of drug-likeness (QED) is 0.756. The van der Waals surface area contributed by atoms with Crippen LogP contribution in [0.25, 0.3) is 11.3 Å². The van der Waals surface area contributed by atoms with Crippen LogP contribution in [0.15, 0.2) is 53.9 Å². The van der Waals surface area contributed by atoms with Gasteiger partial charge >= 0.3 is 6.61 Å². The van der Waals surface area contributed by atoms with E-state index in [4.69, 9.17) is 0 Å². The highest BCUT2D eigenvalue weighted by atomic mass is 32.1. The molecule has 0 fully saturated rings. The van der Waals surface area contributed by atoms with Crippen LogP contribution in [0, 0.1) is 0 Å². The zero-order valence-corrected chi connectivity index (χ0v) is 13.0. The highest BCUT2D eigenvalue weighted by molar-refractivity contribution is 7.12. The lowest BCUT2D eigenvalue weighted by atomic mass is 10.1. The molecule has 1 amide bonds. The molecule has 0 atom stereocenters. The highest BCUT2D eigenvalue weighted by Crippen LogP contribution is 2.27. The predicted molar refractivity (Wildman–Crippen MR) is 86.4 cm³/mol. The molecule has 0 bridgehead atoms. The Morgan fingerprint density at radius 3 is 2.54 bits per heavy atom. The van der Waals surface area contributed by atoms with Crippen molar-refractivity contribution in [2.24, 2.45) is 0 Å². The number of hydrogen-bond acceptors (Lipinski definition) is 5. The summed E-state index contributed by atoms with van der Waals surface area (Å²) in [5, 5.41) is 12.0. The summed E-state index contributed by atoms with van der Waals surface area (Å²) < 4.78 is 28.9. The van der Waals surface area contributed by atoms with Gasteiger partial charge in [-0.1, -0.05) is 30.3 Å². The molecule has 8 heteroatoms. The molecule has 0 aliphatic carbocycles. The van der Waals surface area contributed by atoms with Gasteiger partial charge in [0.2, 0.25) is 0 Å². The third kappa shape index (κ3) is 3.72. The van der Waals surface area contributed by atoms with Crippen LogP contribution in [0.2, 0.25) is 0 Å². The molecule has 3 rings (SSSR count). The van der Waals surface area contributed by atoms with Crippen molar-refractivity contribution < 1.29 is 18.3 Å². The molecule has 2 heterocycles. The first kappa shape index (κ1) is 16.0. The predicted octanol–water partition coefficient (Wildman–Crippen LogP) is 4.06. The summed E-state index contributed by atoms with van der Waals surface area (Å²) in [7, 11) is 0. The van der Waals surface area contributed by atoms with Crippen LogP contribution < -0.4 is 10.1 Å². The summed E-state index contributed by atoms with van der Waals surface area (Å²) in [5.74, 6) is -0.528. The van der Waals surface area contributed by atoms with Crippen LogP contribution in [-0.4, -0.2) is 22.7 Å². The number of halogens is 2. The van der Waals surface area contributed by atoms with E-state index in [-0.39, 0.29) is 16.4 Å². The zero-order valence-electron chi connectivity index (χ0n) is 12.1. The SMILES string of the molecule is O=C(Nc1ccc(-c2ccccc2)nn1)c1sccc1OC(F)F. The molecule has 24 heavy (non-hydrogen) atoms. The van der Waals surface area contributed by atoms with Crippen molar-refractivity contribution in [1.29, 1.82) is 0 Å². The summed E-state index contributed by atoms with van der Waals surface area (Å²) in [4.78, 5) is 12.2. The first-order valence-corrected chi connectivity index (χ1v) is 7.74. The van der Waals surface area contributed by atoms with E-state index >= 15 is 0 Å².